The first-order chi connectivity index (χ1) is 17.2. The number of halogens is 6. The number of benzene rings is 2. The summed E-state index contributed by atoms with van der Waals surface area (Å²) in [4.78, 5) is 13.9. The molecule has 5 nitrogen and oxygen atoms in total. The van der Waals surface area contributed by atoms with Crippen LogP contribution in [0.15, 0.2) is 48.5 Å². The molecule has 1 unspecified atom stereocenters. The van der Waals surface area contributed by atoms with Crippen molar-refractivity contribution in [2.45, 2.75) is 49.8 Å². The molecule has 0 spiro atoms. The van der Waals surface area contributed by atoms with Crippen LogP contribution in [0.1, 0.15) is 48.1 Å². The molecule has 1 aliphatic heterocycles. The monoisotopic (exact) mass is 531 g/mol. The summed E-state index contributed by atoms with van der Waals surface area (Å²) >= 11 is 0. The Balaban J connectivity index is 1.79. The second-order valence-electron chi connectivity index (χ2n) is 9.66. The molecule has 3 rings (SSSR count). The van der Waals surface area contributed by atoms with Crippen molar-refractivity contribution in [3.8, 4) is 0 Å². The molecule has 0 bridgehead atoms. The van der Waals surface area contributed by atoms with Gasteiger partial charge >= 0.3 is 12.4 Å². The number of likely N-dealkylation sites (N-methyl/N-ethyl adjacent to an activating group) is 1. The fourth-order valence-corrected chi connectivity index (χ4v) is 4.40. The number of nitrogens with zero attached hydrogens (tertiary/aromatic N) is 1. The Morgan fingerprint density at radius 3 is 2.16 bits per heavy atom. The molecule has 204 valence electrons. The van der Waals surface area contributed by atoms with Gasteiger partial charge in [-0.15, -0.1) is 0 Å². The van der Waals surface area contributed by atoms with Gasteiger partial charge in [0.1, 0.15) is 0 Å². The lowest BCUT2D eigenvalue weighted by molar-refractivity contribution is -0.143. The number of hydrogen-bond donors (Lipinski definition) is 2. The molecule has 0 radical (unpaired) electrons. The second kappa shape index (κ2) is 11.4. The van der Waals surface area contributed by atoms with Crippen molar-refractivity contribution in [1.82, 2.24) is 15.5 Å². The molecule has 1 aliphatic rings. The molecule has 2 aromatic rings. The molecular formula is C26H31F6N3O2. The van der Waals surface area contributed by atoms with E-state index in [4.69, 9.17) is 4.74 Å². The summed E-state index contributed by atoms with van der Waals surface area (Å²) in [6.07, 6.45) is -9.76. The minimum Gasteiger partial charge on any atom is -0.372 e. The third-order valence-corrected chi connectivity index (χ3v) is 6.42. The van der Waals surface area contributed by atoms with E-state index in [1.54, 1.807) is 19.0 Å². The zero-order valence-corrected chi connectivity index (χ0v) is 20.8. The van der Waals surface area contributed by atoms with E-state index >= 15 is 0 Å². The van der Waals surface area contributed by atoms with Crippen LogP contribution >= 0.6 is 0 Å². The summed E-state index contributed by atoms with van der Waals surface area (Å²) in [7, 11) is 3.58. The van der Waals surface area contributed by atoms with Crippen LogP contribution in [-0.4, -0.2) is 50.6 Å². The fraction of sp³-hybridized carbons (Fsp3) is 0.500. The van der Waals surface area contributed by atoms with E-state index in [2.05, 4.69) is 10.6 Å². The largest absolute Gasteiger partial charge is 0.416 e. The molecule has 0 saturated carbocycles. The minimum absolute atomic E-state index is 0.00808. The molecule has 37 heavy (non-hydrogen) atoms. The van der Waals surface area contributed by atoms with Crippen molar-refractivity contribution in [3.05, 3.63) is 70.8 Å². The normalized spacial score (nSPS) is 21.6. The van der Waals surface area contributed by atoms with E-state index < -0.39 is 35.1 Å². The second-order valence-corrected chi connectivity index (χ2v) is 9.66. The number of carbonyl (C=O) groups is 1. The van der Waals surface area contributed by atoms with E-state index in [0.29, 0.717) is 31.5 Å². The summed E-state index contributed by atoms with van der Waals surface area (Å²) in [6.45, 7) is 2.11. The first kappa shape index (κ1) is 28.9. The molecule has 3 atom stereocenters. The summed E-state index contributed by atoms with van der Waals surface area (Å²) in [5.41, 5.74) is -2.82. The molecule has 11 heteroatoms. The SMILES string of the molecule is CC(OC[C@@]1(c2ccccc2)CC[C@H](NC(=O)CN(C)C)CN1)c1cc(C(F)(F)F)cc(C(F)(F)F)c1. The summed E-state index contributed by atoms with van der Waals surface area (Å²) in [5, 5.41) is 6.40. The number of rotatable bonds is 8. The number of carbonyl (C=O) groups excluding carboxylic acids is 1. The first-order valence-electron chi connectivity index (χ1n) is 11.9. The van der Waals surface area contributed by atoms with Gasteiger partial charge in [0.05, 0.1) is 35.9 Å². The van der Waals surface area contributed by atoms with Crippen molar-refractivity contribution >= 4 is 5.91 Å². The molecule has 1 heterocycles. The number of hydrogen-bond acceptors (Lipinski definition) is 4. The van der Waals surface area contributed by atoms with Gasteiger partial charge in [-0.05, 0) is 63.2 Å². The topological polar surface area (TPSA) is 53.6 Å². The number of alkyl halides is 6. The van der Waals surface area contributed by atoms with Gasteiger partial charge in [-0.1, -0.05) is 30.3 Å². The highest BCUT2D eigenvalue weighted by Gasteiger charge is 2.39. The average molecular weight is 532 g/mol. The van der Waals surface area contributed by atoms with Crippen LogP contribution in [0.3, 0.4) is 0 Å². The lowest BCUT2D eigenvalue weighted by Crippen LogP contribution is -2.57. The van der Waals surface area contributed by atoms with Crippen molar-refractivity contribution < 1.29 is 35.9 Å². The number of piperidine rings is 1. The van der Waals surface area contributed by atoms with Gasteiger partial charge in [0.25, 0.3) is 0 Å². The lowest BCUT2D eigenvalue weighted by Gasteiger charge is -2.42. The van der Waals surface area contributed by atoms with Crippen molar-refractivity contribution in [2.24, 2.45) is 0 Å². The molecule has 2 aromatic carbocycles. The van der Waals surface area contributed by atoms with Crippen LogP contribution in [0, 0.1) is 0 Å². The Labute approximate surface area is 212 Å². The van der Waals surface area contributed by atoms with Gasteiger partial charge in [0.2, 0.25) is 5.91 Å². The fourth-order valence-electron chi connectivity index (χ4n) is 4.40. The Morgan fingerprint density at radius 2 is 1.68 bits per heavy atom. The maximum absolute atomic E-state index is 13.3. The zero-order valence-electron chi connectivity index (χ0n) is 20.8. The van der Waals surface area contributed by atoms with Gasteiger partial charge in [-0.2, -0.15) is 26.3 Å². The maximum Gasteiger partial charge on any atom is 0.416 e. The number of nitrogens with one attached hydrogen (secondary N) is 2. The Kier molecular flexibility index (Phi) is 8.92. The Morgan fingerprint density at radius 1 is 1.08 bits per heavy atom. The molecule has 0 aromatic heterocycles. The van der Waals surface area contributed by atoms with Crippen molar-refractivity contribution in [2.75, 3.05) is 33.8 Å². The average Bonchev–Trinajstić information content (AvgIpc) is 2.82. The van der Waals surface area contributed by atoms with Crippen LogP contribution in [0.25, 0.3) is 0 Å². The lowest BCUT2D eigenvalue weighted by atomic mass is 9.81. The van der Waals surface area contributed by atoms with E-state index in [0.717, 1.165) is 5.56 Å². The molecule has 1 amide bonds. The predicted molar refractivity (Wildman–Crippen MR) is 127 cm³/mol. The highest BCUT2D eigenvalue weighted by atomic mass is 19.4. The van der Waals surface area contributed by atoms with Crippen LogP contribution < -0.4 is 10.6 Å². The standard InChI is InChI=1S/C26H31F6N3O2/c1-17(18-11-20(25(27,28)29)13-21(12-18)26(30,31)32)37-16-24(19-7-5-4-6-8-19)10-9-22(14-33-24)34-23(36)15-35(2)3/h4-8,11-13,17,22,33H,9-10,14-16H2,1-3H3,(H,34,36)/t17?,22-,24+/m0/s1. The maximum atomic E-state index is 13.3. The Bertz CT molecular complexity index is 1020. The summed E-state index contributed by atoms with van der Waals surface area (Å²) < 4.78 is 85.8. The quantitative estimate of drug-likeness (QED) is 0.464. The van der Waals surface area contributed by atoms with Crippen LogP contribution in [-0.2, 0) is 27.4 Å². The highest BCUT2D eigenvalue weighted by Crippen LogP contribution is 2.39. The van der Waals surface area contributed by atoms with Crippen molar-refractivity contribution in [3.63, 3.8) is 0 Å². The zero-order chi connectivity index (χ0) is 27.4. The smallest absolute Gasteiger partial charge is 0.372 e. The van der Waals surface area contributed by atoms with E-state index in [9.17, 15) is 31.1 Å². The predicted octanol–water partition coefficient (Wildman–Crippen LogP) is 5.13. The summed E-state index contributed by atoms with van der Waals surface area (Å²) in [5.74, 6) is -0.112. The van der Waals surface area contributed by atoms with Gasteiger partial charge in [0, 0.05) is 12.6 Å². The van der Waals surface area contributed by atoms with Gasteiger partial charge < -0.3 is 20.3 Å². The molecular weight excluding hydrogens is 500 g/mol. The van der Waals surface area contributed by atoms with Gasteiger partial charge in [-0.25, -0.2) is 0 Å². The Hall–Kier alpha value is -2.63. The van der Waals surface area contributed by atoms with Gasteiger partial charge in [-0.3, -0.25) is 4.79 Å². The number of amides is 1. The third-order valence-electron chi connectivity index (χ3n) is 6.42. The first-order valence-corrected chi connectivity index (χ1v) is 11.9. The van der Waals surface area contributed by atoms with Crippen LogP contribution in [0.2, 0.25) is 0 Å². The van der Waals surface area contributed by atoms with Gasteiger partial charge in [0.15, 0.2) is 0 Å². The van der Waals surface area contributed by atoms with E-state index in [1.807, 2.05) is 30.3 Å². The third kappa shape index (κ3) is 7.68. The minimum atomic E-state index is -4.93. The van der Waals surface area contributed by atoms with E-state index in [-0.39, 0.29) is 36.7 Å². The van der Waals surface area contributed by atoms with Crippen LogP contribution in [0.5, 0.6) is 0 Å². The van der Waals surface area contributed by atoms with E-state index in [1.165, 1.54) is 6.92 Å². The highest BCUT2D eigenvalue weighted by molar-refractivity contribution is 5.78. The number of ether oxygens (including phenoxy) is 1. The summed E-state index contributed by atoms with van der Waals surface area (Å²) in [6, 6.07) is 10.7. The molecule has 1 saturated heterocycles. The van der Waals surface area contributed by atoms with Crippen LogP contribution in [0.4, 0.5) is 26.3 Å². The molecule has 2 N–H and O–H groups in total. The molecule has 1 fully saturated rings. The molecule has 0 aliphatic carbocycles. The van der Waals surface area contributed by atoms with Crippen molar-refractivity contribution in [1.29, 1.82) is 0 Å².